The summed E-state index contributed by atoms with van der Waals surface area (Å²) in [5, 5.41) is 4.62. The Bertz CT molecular complexity index is 212. The molecule has 1 saturated heterocycles. The molecular weight excluding hydrogens is 229 g/mol. The third-order valence-electron chi connectivity index (χ3n) is 1.85. The van der Waals surface area contributed by atoms with Crippen molar-refractivity contribution in [2.24, 2.45) is 0 Å². The van der Waals surface area contributed by atoms with Crippen molar-refractivity contribution in [3.8, 4) is 0 Å². The van der Waals surface area contributed by atoms with Gasteiger partial charge in [0, 0.05) is 26.2 Å². The van der Waals surface area contributed by atoms with Gasteiger partial charge in [-0.2, -0.15) is 0 Å². The molecule has 1 aliphatic heterocycles. The molecule has 0 unspecified atom stereocenters. The quantitative estimate of drug-likeness (QED) is 0.806. The number of thiazole rings is 1. The SMILES string of the molecule is Cl.Cl.c1ncc(N2CCNCC2)s1. The van der Waals surface area contributed by atoms with E-state index in [0.29, 0.717) is 0 Å². The number of nitrogens with zero attached hydrogens (tertiary/aromatic N) is 2. The van der Waals surface area contributed by atoms with Crippen LogP contribution < -0.4 is 10.2 Å². The van der Waals surface area contributed by atoms with Crippen LogP contribution in [0.2, 0.25) is 0 Å². The molecule has 1 fully saturated rings. The van der Waals surface area contributed by atoms with Gasteiger partial charge in [0.05, 0.1) is 11.7 Å². The lowest BCUT2D eigenvalue weighted by Gasteiger charge is -2.27. The van der Waals surface area contributed by atoms with Crippen molar-refractivity contribution < 1.29 is 0 Å². The molecule has 1 aromatic rings. The Labute approximate surface area is 94.4 Å². The second-order valence-corrected chi connectivity index (χ2v) is 3.44. The first-order valence-electron chi connectivity index (χ1n) is 3.81. The molecule has 0 aromatic carbocycles. The van der Waals surface area contributed by atoms with E-state index in [-0.39, 0.29) is 24.8 Å². The predicted molar refractivity (Wildman–Crippen MR) is 61.7 cm³/mol. The van der Waals surface area contributed by atoms with Crippen LogP contribution in [0.5, 0.6) is 0 Å². The maximum atomic E-state index is 4.05. The minimum Gasteiger partial charge on any atom is -0.360 e. The molecule has 0 spiro atoms. The van der Waals surface area contributed by atoms with Crippen LogP contribution >= 0.6 is 36.2 Å². The van der Waals surface area contributed by atoms with Gasteiger partial charge in [-0.05, 0) is 0 Å². The zero-order valence-corrected chi connectivity index (χ0v) is 9.55. The van der Waals surface area contributed by atoms with Gasteiger partial charge in [-0.1, -0.05) is 0 Å². The fourth-order valence-corrected chi connectivity index (χ4v) is 1.93. The average molecular weight is 242 g/mol. The maximum absolute atomic E-state index is 4.05. The number of piperazine rings is 1. The van der Waals surface area contributed by atoms with Crippen LogP contribution in [0.25, 0.3) is 0 Å². The Hall–Kier alpha value is -0.0300. The Morgan fingerprint density at radius 3 is 2.54 bits per heavy atom. The van der Waals surface area contributed by atoms with E-state index in [9.17, 15) is 0 Å². The molecule has 0 radical (unpaired) electrons. The summed E-state index contributed by atoms with van der Waals surface area (Å²) >= 11 is 1.72. The van der Waals surface area contributed by atoms with Crippen molar-refractivity contribution in [1.82, 2.24) is 10.3 Å². The Morgan fingerprint density at radius 1 is 1.31 bits per heavy atom. The summed E-state index contributed by atoms with van der Waals surface area (Å²) < 4.78 is 0. The van der Waals surface area contributed by atoms with Crippen molar-refractivity contribution in [2.75, 3.05) is 31.1 Å². The minimum atomic E-state index is 0. The summed E-state index contributed by atoms with van der Waals surface area (Å²) in [6, 6.07) is 0. The molecule has 1 aliphatic rings. The number of anilines is 1. The number of hydrogen-bond acceptors (Lipinski definition) is 4. The number of nitrogens with one attached hydrogen (secondary N) is 1. The Kier molecular flexibility index (Phi) is 6.41. The van der Waals surface area contributed by atoms with E-state index in [0.717, 1.165) is 26.2 Å². The van der Waals surface area contributed by atoms with Gasteiger partial charge in [-0.15, -0.1) is 36.2 Å². The molecule has 0 saturated carbocycles. The third kappa shape index (κ3) is 3.31. The van der Waals surface area contributed by atoms with Crippen LogP contribution in [-0.2, 0) is 0 Å². The van der Waals surface area contributed by atoms with Gasteiger partial charge >= 0.3 is 0 Å². The molecular formula is C7H13Cl2N3S. The van der Waals surface area contributed by atoms with Crippen LogP contribution in [-0.4, -0.2) is 31.2 Å². The topological polar surface area (TPSA) is 28.2 Å². The van der Waals surface area contributed by atoms with Gasteiger partial charge in [0.15, 0.2) is 0 Å². The summed E-state index contributed by atoms with van der Waals surface area (Å²) in [6.45, 7) is 4.42. The number of hydrogen-bond donors (Lipinski definition) is 1. The monoisotopic (exact) mass is 241 g/mol. The largest absolute Gasteiger partial charge is 0.360 e. The summed E-state index contributed by atoms with van der Waals surface area (Å²) in [6.07, 6.45) is 1.94. The average Bonchev–Trinajstić information content (AvgIpc) is 2.58. The summed E-state index contributed by atoms with van der Waals surface area (Å²) in [5.74, 6) is 0. The van der Waals surface area contributed by atoms with E-state index in [1.54, 1.807) is 11.3 Å². The zero-order chi connectivity index (χ0) is 7.52. The highest BCUT2D eigenvalue weighted by Crippen LogP contribution is 2.18. The van der Waals surface area contributed by atoms with Gasteiger partial charge in [0.2, 0.25) is 0 Å². The maximum Gasteiger partial charge on any atom is 0.111 e. The van der Waals surface area contributed by atoms with E-state index in [1.807, 2.05) is 11.7 Å². The predicted octanol–water partition coefficient (Wildman–Crippen LogP) is 1.40. The Balaban J connectivity index is 0.000000720. The standard InChI is InChI=1S/C7H11N3S.2ClH/c1-3-10(4-2-8-1)7-5-9-6-11-7;;/h5-6,8H,1-4H2;2*1H. The van der Waals surface area contributed by atoms with Crippen LogP contribution in [0.3, 0.4) is 0 Å². The van der Waals surface area contributed by atoms with E-state index >= 15 is 0 Å². The molecule has 0 bridgehead atoms. The second kappa shape index (κ2) is 6.43. The van der Waals surface area contributed by atoms with Gasteiger partial charge in [0.1, 0.15) is 5.00 Å². The molecule has 1 aromatic heterocycles. The number of halogens is 2. The fourth-order valence-electron chi connectivity index (χ4n) is 1.25. The van der Waals surface area contributed by atoms with Crippen molar-refractivity contribution >= 4 is 41.2 Å². The van der Waals surface area contributed by atoms with Crippen molar-refractivity contribution in [3.05, 3.63) is 11.7 Å². The van der Waals surface area contributed by atoms with Gasteiger partial charge in [-0.3, -0.25) is 4.98 Å². The normalized spacial score (nSPS) is 15.8. The third-order valence-corrected chi connectivity index (χ3v) is 2.68. The smallest absolute Gasteiger partial charge is 0.111 e. The lowest BCUT2D eigenvalue weighted by molar-refractivity contribution is 0.591. The molecule has 0 aliphatic carbocycles. The molecule has 3 nitrogen and oxygen atoms in total. The Morgan fingerprint density at radius 2 is 2.00 bits per heavy atom. The van der Waals surface area contributed by atoms with Gasteiger partial charge < -0.3 is 10.2 Å². The van der Waals surface area contributed by atoms with Crippen molar-refractivity contribution in [2.45, 2.75) is 0 Å². The molecule has 76 valence electrons. The first-order valence-corrected chi connectivity index (χ1v) is 4.69. The molecule has 0 atom stereocenters. The minimum absolute atomic E-state index is 0. The van der Waals surface area contributed by atoms with E-state index in [2.05, 4.69) is 15.2 Å². The molecule has 2 heterocycles. The molecule has 1 N–H and O–H groups in total. The van der Waals surface area contributed by atoms with E-state index in [4.69, 9.17) is 0 Å². The van der Waals surface area contributed by atoms with Crippen LogP contribution in [0.15, 0.2) is 11.7 Å². The van der Waals surface area contributed by atoms with E-state index in [1.165, 1.54) is 5.00 Å². The molecule has 0 amide bonds. The molecule has 6 heteroatoms. The highest BCUT2D eigenvalue weighted by atomic mass is 35.5. The highest BCUT2D eigenvalue weighted by Gasteiger charge is 2.10. The lowest BCUT2D eigenvalue weighted by Crippen LogP contribution is -2.43. The van der Waals surface area contributed by atoms with Crippen LogP contribution in [0, 0.1) is 0 Å². The number of aromatic nitrogens is 1. The summed E-state index contributed by atoms with van der Waals surface area (Å²) in [7, 11) is 0. The number of rotatable bonds is 1. The summed E-state index contributed by atoms with van der Waals surface area (Å²) in [4.78, 5) is 6.42. The van der Waals surface area contributed by atoms with Gasteiger partial charge in [0.25, 0.3) is 0 Å². The lowest BCUT2D eigenvalue weighted by atomic mass is 10.4. The van der Waals surface area contributed by atoms with Crippen LogP contribution in [0.1, 0.15) is 0 Å². The van der Waals surface area contributed by atoms with E-state index < -0.39 is 0 Å². The van der Waals surface area contributed by atoms with Gasteiger partial charge in [-0.25, -0.2) is 0 Å². The van der Waals surface area contributed by atoms with Crippen molar-refractivity contribution in [3.63, 3.8) is 0 Å². The summed E-state index contributed by atoms with van der Waals surface area (Å²) in [5.41, 5.74) is 1.89. The molecule has 2 rings (SSSR count). The zero-order valence-electron chi connectivity index (χ0n) is 7.10. The van der Waals surface area contributed by atoms with Crippen molar-refractivity contribution in [1.29, 1.82) is 0 Å². The first kappa shape index (κ1) is 13.0. The molecule has 13 heavy (non-hydrogen) atoms. The van der Waals surface area contributed by atoms with Crippen LogP contribution in [0.4, 0.5) is 5.00 Å². The fraction of sp³-hybridized carbons (Fsp3) is 0.571. The highest BCUT2D eigenvalue weighted by molar-refractivity contribution is 7.13. The first-order chi connectivity index (χ1) is 5.47. The second-order valence-electron chi connectivity index (χ2n) is 2.58.